The quantitative estimate of drug-likeness (QED) is 0.819. The van der Waals surface area contributed by atoms with E-state index in [1.165, 1.54) is 0 Å². The van der Waals surface area contributed by atoms with Crippen LogP contribution in [0.4, 0.5) is 0 Å². The fraction of sp³-hybridized carbons (Fsp3) is 0.471. The largest absolute Gasteiger partial charge is 0.493 e. The predicted octanol–water partition coefficient (Wildman–Crippen LogP) is 2.86. The van der Waals surface area contributed by atoms with Gasteiger partial charge >= 0.3 is 0 Å². The molecule has 0 unspecified atom stereocenters. The molecule has 4 nitrogen and oxygen atoms in total. The molecule has 0 saturated carbocycles. The Balaban J connectivity index is 1.84. The molecule has 21 heavy (non-hydrogen) atoms. The summed E-state index contributed by atoms with van der Waals surface area (Å²) < 4.78 is 10.5. The van der Waals surface area contributed by atoms with Gasteiger partial charge in [-0.25, -0.2) is 0 Å². The smallest absolute Gasteiger partial charge is 0.220 e. The van der Waals surface area contributed by atoms with E-state index in [4.69, 9.17) is 9.47 Å². The van der Waals surface area contributed by atoms with E-state index in [2.05, 4.69) is 17.5 Å². The molecular formula is C17H23NO3. The van der Waals surface area contributed by atoms with Crippen molar-refractivity contribution in [2.75, 3.05) is 14.2 Å². The molecule has 0 fully saturated rings. The van der Waals surface area contributed by atoms with Gasteiger partial charge in [0.05, 0.1) is 14.2 Å². The fourth-order valence-electron chi connectivity index (χ4n) is 2.52. The third kappa shape index (κ3) is 4.52. The lowest BCUT2D eigenvalue weighted by Gasteiger charge is -2.19. The normalized spacial score (nSPS) is 17.3. The first-order valence-electron chi connectivity index (χ1n) is 7.38. The van der Waals surface area contributed by atoms with Crippen molar-refractivity contribution < 1.29 is 14.3 Å². The zero-order valence-corrected chi connectivity index (χ0v) is 12.7. The number of carbonyl (C=O) groups is 1. The fourth-order valence-corrected chi connectivity index (χ4v) is 2.52. The molecule has 0 saturated heterocycles. The topological polar surface area (TPSA) is 47.6 Å². The number of aryl methyl sites for hydroxylation is 1. The number of methoxy groups -OCH3 is 2. The Morgan fingerprint density at radius 2 is 2.05 bits per heavy atom. The molecule has 0 aromatic heterocycles. The molecule has 0 spiro atoms. The summed E-state index contributed by atoms with van der Waals surface area (Å²) >= 11 is 0. The molecule has 4 heteroatoms. The van der Waals surface area contributed by atoms with Crippen molar-refractivity contribution in [1.82, 2.24) is 5.32 Å². The summed E-state index contributed by atoms with van der Waals surface area (Å²) in [4.78, 5) is 12.0. The molecule has 1 atom stereocenters. The lowest BCUT2D eigenvalue weighted by molar-refractivity contribution is -0.121. The van der Waals surface area contributed by atoms with Gasteiger partial charge in [-0.05, 0) is 43.4 Å². The lowest BCUT2D eigenvalue weighted by Crippen LogP contribution is -2.35. The van der Waals surface area contributed by atoms with E-state index in [-0.39, 0.29) is 5.91 Å². The van der Waals surface area contributed by atoms with E-state index in [1.54, 1.807) is 14.2 Å². The number of amides is 1. The van der Waals surface area contributed by atoms with Crippen LogP contribution in [0.5, 0.6) is 11.5 Å². The summed E-state index contributed by atoms with van der Waals surface area (Å²) in [5.74, 6) is 1.53. The van der Waals surface area contributed by atoms with Crippen LogP contribution in [0.1, 0.15) is 31.2 Å². The number of carbonyl (C=O) groups excluding carboxylic acids is 1. The van der Waals surface area contributed by atoms with Crippen molar-refractivity contribution in [1.29, 1.82) is 0 Å². The van der Waals surface area contributed by atoms with Gasteiger partial charge in [0.25, 0.3) is 0 Å². The van der Waals surface area contributed by atoms with Gasteiger partial charge in [0.15, 0.2) is 11.5 Å². The van der Waals surface area contributed by atoms with Crippen LogP contribution in [0, 0.1) is 0 Å². The molecule has 1 aromatic rings. The Bertz CT molecular complexity index is 511. The van der Waals surface area contributed by atoms with Crippen molar-refractivity contribution in [3.63, 3.8) is 0 Å². The molecule has 0 radical (unpaired) electrons. The van der Waals surface area contributed by atoms with Crippen molar-refractivity contribution >= 4 is 5.91 Å². The van der Waals surface area contributed by atoms with Crippen molar-refractivity contribution in [3.05, 3.63) is 35.9 Å². The van der Waals surface area contributed by atoms with Gasteiger partial charge in [-0.3, -0.25) is 4.79 Å². The maximum Gasteiger partial charge on any atom is 0.220 e. The summed E-state index contributed by atoms with van der Waals surface area (Å²) in [5.41, 5.74) is 1.08. The average molecular weight is 289 g/mol. The zero-order chi connectivity index (χ0) is 15.1. The predicted molar refractivity (Wildman–Crippen MR) is 82.8 cm³/mol. The maximum atomic E-state index is 12.0. The molecule has 2 rings (SSSR count). The summed E-state index contributed by atoms with van der Waals surface area (Å²) in [5, 5.41) is 3.09. The third-order valence-electron chi connectivity index (χ3n) is 3.72. The Kier molecular flexibility index (Phi) is 5.67. The summed E-state index contributed by atoms with van der Waals surface area (Å²) in [6, 6.07) is 6.07. The maximum absolute atomic E-state index is 12.0. The Morgan fingerprint density at radius 1 is 1.24 bits per heavy atom. The van der Waals surface area contributed by atoms with Crippen LogP contribution >= 0.6 is 0 Å². The summed E-state index contributed by atoms with van der Waals surface area (Å²) in [6.45, 7) is 0. The molecule has 1 aromatic carbocycles. The number of hydrogen-bond donors (Lipinski definition) is 1. The van der Waals surface area contributed by atoms with Crippen LogP contribution in [0.15, 0.2) is 30.4 Å². The minimum absolute atomic E-state index is 0.116. The Labute approximate surface area is 126 Å². The second kappa shape index (κ2) is 7.72. The van der Waals surface area contributed by atoms with E-state index < -0.39 is 0 Å². The zero-order valence-electron chi connectivity index (χ0n) is 12.7. The van der Waals surface area contributed by atoms with Gasteiger partial charge in [-0.2, -0.15) is 0 Å². The average Bonchev–Trinajstić information content (AvgIpc) is 2.53. The first-order valence-corrected chi connectivity index (χ1v) is 7.38. The van der Waals surface area contributed by atoms with Crippen molar-refractivity contribution in [2.24, 2.45) is 0 Å². The molecule has 0 aliphatic heterocycles. The van der Waals surface area contributed by atoms with Crippen LogP contribution in [0.25, 0.3) is 0 Å². The van der Waals surface area contributed by atoms with Gasteiger partial charge in [-0.15, -0.1) is 0 Å². The van der Waals surface area contributed by atoms with Gasteiger partial charge in [0.1, 0.15) is 0 Å². The van der Waals surface area contributed by atoms with E-state index in [0.717, 1.165) is 24.8 Å². The van der Waals surface area contributed by atoms with Crippen LogP contribution in [-0.4, -0.2) is 26.2 Å². The number of nitrogens with one attached hydrogen (secondary N) is 1. The first-order chi connectivity index (χ1) is 10.2. The number of rotatable bonds is 6. The minimum atomic E-state index is 0.116. The highest BCUT2D eigenvalue weighted by molar-refractivity contribution is 5.76. The SMILES string of the molecule is COc1ccc(CCC(=O)N[C@@H]2CC=CCC2)cc1OC. The van der Waals surface area contributed by atoms with Crippen LogP contribution in [0.3, 0.4) is 0 Å². The highest BCUT2D eigenvalue weighted by atomic mass is 16.5. The third-order valence-corrected chi connectivity index (χ3v) is 3.72. The molecule has 1 aliphatic carbocycles. The van der Waals surface area contributed by atoms with Crippen molar-refractivity contribution in [2.45, 2.75) is 38.1 Å². The Morgan fingerprint density at radius 3 is 2.71 bits per heavy atom. The molecular weight excluding hydrogens is 266 g/mol. The van der Waals surface area contributed by atoms with Gasteiger partial charge in [-0.1, -0.05) is 18.2 Å². The standard InChI is InChI=1S/C17H23NO3/c1-20-15-10-8-13(12-16(15)21-2)9-11-17(19)18-14-6-4-3-5-7-14/h3-4,8,10,12,14H,5-7,9,11H2,1-2H3,(H,18,19)/t14-/m1/s1. The first kappa shape index (κ1) is 15.4. The molecule has 0 heterocycles. The molecule has 1 N–H and O–H groups in total. The van der Waals surface area contributed by atoms with E-state index >= 15 is 0 Å². The number of hydrogen-bond acceptors (Lipinski definition) is 3. The van der Waals surface area contributed by atoms with Crippen LogP contribution in [0.2, 0.25) is 0 Å². The van der Waals surface area contributed by atoms with Gasteiger partial charge in [0, 0.05) is 12.5 Å². The molecule has 114 valence electrons. The summed E-state index contributed by atoms with van der Waals surface area (Å²) in [7, 11) is 3.23. The molecule has 0 bridgehead atoms. The highest BCUT2D eigenvalue weighted by Crippen LogP contribution is 2.27. The van der Waals surface area contributed by atoms with E-state index in [0.29, 0.717) is 30.4 Å². The minimum Gasteiger partial charge on any atom is -0.493 e. The highest BCUT2D eigenvalue weighted by Gasteiger charge is 2.13. The van der Waals surface area contributed by atoms with E-state index in [9.17, 15) is 4.79 Å². The monoisotopic (exact) mass is 289 g/mol. The van der Waals surface area contributed by atoms with Crippen LogP contribution in [-0.2, 0) is 11.2 Å². The summed E-state index contributed by atoms with van der Waals surface area (Å²) in [6.07, 6.45) is 8.56. The molecule has 1 aliphatic rings. The number of allylic oxidation sites excluding steroid dienone is 1. The van der Waals surface area contributed by atoms with Crippen molar-refractivity contribution in [3.8, 4) is 11.5 Å². The van der Waals surface area contributed by atoms with E-state index in [1.807, 2.05) is 18.2 Å². The lowest BCUT2D eigenvalue weighted by atomic mass is 10.0. The number of ether oxygens (including phenoxy) is 2. The van der Waals surface area contributed by atoms with Gasteiger partial charge < -0.3 is 14.8 Å². The number of benzene rings is 1. The van der Waals surface area contributed by atoms with Crippen LogP contribution < -0.4 is 14.8 Å². The molecule has 1 amide bonds. The Hall–Kier alpha value is -1.97. The second-order valence-electron chi connectivity index (χ2n) is 5.24. The second-order valence-corrected chi connectivity index (χ2v) is 5.24. The van der Waals surface area contributed by atoms with Gasteiger partial charge in [0.2, 0.25) is 5.91 Å².